The fourth-order valence-corrected chi connectivity index (χ4v) is 5.14. The van der Waals surface area contributed by atoms with Crippen molar-refractivity contribution < 1.29 is 24.2 Å². The molecule has 174 valence electrons. The molecule has 0 spiro atoms. The maximum absolute atomic E-state index is 14.2. The molecule has 0 bridgehead atoms. The number of aliphatic carboxylic acids is 1. The van der Waals surface area contributed by atoms with E-state index in [2.05, 4.69) is 5.32 Å². The van der Waals surface area contributed by atoms with Gasteiger partial charge in [0.2, 0.25) is 5.91 Å². The standard InChI is InChI=1S/C25H26ClFN2O4/c1-2-20(25(32)33)29-21-9-8-16(13-17(21)18-11-15(27)12-19(26)24(18)29)28-23(31)10-7-14-5-3-4-6-22(14)30/h3-6,11-12,16,20,30H,2,7-10,13H2,1H3,(H,28,31)(H,32,33). The van der Waals surface area contributed by atoms with E-state index in [0.29, 0.717) is 48.6 Å². The van der Waals surface area contributed by atoms with Crippen molar-refractivity contribution in [3.8, 4) is 5.75 Å². The molecule has 1 amide bonds. The van der Waals surface area contributed by atoms with Gasteiger partial charge in [0.05, 0.1) is 10.5 Å². The summed E-state index contributed by atoms with van der Waals surface area (Å²) in [6.07, 6.45) is 2.69. The number of carbonyl (C=O) groups excluding carboxylic acids is 1. The Bertz CT molecular complexity index is 1220. The molecule has 4 rings (SSSR count). The van der Waals surface area contributed by atoms with Gasteiger partial charge in [0.15, 0.2) is 0 Å². The van der Waals surface area contributed by atoms with E-state index in [4.69, 9.17) is 11.6 Å². The summed E-state index contributed by atoms with van der Waals surface area (Å²) in [5.41, 5.74) is 2.92. The molecule has 6 nitrogen and oxygen atoms in total. The molecular formula is C25H26ClFN2O4. The van der Waals surface area contributed by atoms with Gasteiger partial charge in [-0.2, -0.15) is 0 Å². The van der Waals surface area contributed by atoms with Crippen LogP contribution in [0.1, 0.15) is 49.0 Å². The van der Waals surface area contributed by atoms with Crippen LogP contribution in [0.5, 0.6) is 5.75 Å². The van der Waals surface area contributed by atoms with Gasteiger partial charge in [0, 0.05) is 23.5 Å². The van der Waals surface area contributed by atoms with E-state index < -0.39 is 17.8 Å². The first kappa shape index (κ1) is 23.1. The second-order valence-electron chi connectivity index (χ2n) is 8.48. The van der Waals surface area contributed by atoms with Gasteiger partial charge in [-0.05, 0) is 61.4 Å². The molecule has 0 fully saturated rings. The molecule has 1 aromatic heterocycles. The summed E-state index contributed by atoms with van der Waals surface area (Å²) in [5, 5.41) is 23.5. The summed E-state index contributed by atoms with van der Waals surface area (Å²) in [7, 11) is 0. The number of carbonyl (C=O) groups is 2. The number of amides is 1. The second kappa shape index (κ2) is 9.43. The number of aryl methyl sites for hydroxylation is 1. The van der Waals surface area contributed by atoms with E-state index in [1.54, 1.807) is 29.7 Å². The van der Waals surface area contributed by atoms with Crippen molar-refractivity contribution in [3.05, 3.63) is 64.1 Å². The number of nitrogens with zero attached hydrogens (tertiary/aromatic N) is 1. The predicted octanol–water partition coefficient (Wildman–Crippen LogP) is 4.78. The maximum Gasteiger partial charge on any atom is 0.326 e. The number of phenols is 1. The first-order chi connectivity index (χ1) is 15.8. The number of aromatic nitrogens is 1. The third-order valence-corrected chi connectivity index (χ3v) is 6.66. The summed E-state index contributed by atoms with van der Waals surface area (Å²) in [6, 6.07) is 8.58. The number of halogens is 2. The summed E-state index contributed by atoms with van der Waals surface area (Å²) in [4.78, 5) is 24.5. The Hall–Kier alpha value is -3.06. The number of hydrogen-bond donors (Lipinski definition) is 3. The van der Waals surface area contributed by atoms with Crippen LogP contribution in [0, 0.1) is 5.82 Å². The lowest BCUT2D eigenvalue weighted by Crippen LogP contribution is -2.39. The largest absolute Gasteiger partial charge is 0.508 e. The van der Waals surface area contributed by atoms with E-state index in [1.165, 1.54) is 12.1 Å². The molecule has 33 heavy (non-hydrogen) atoms. The molecule has 0 saturated heterocycles. The quantitative estimate of drug-likeness (QED) is 0.461. The third kappa shape index (κ3) is 4.55. The number of aromatic hydroxyl groups is 1. The Morgan fingerprint density at radius 1 is 1.30 bits per heavy atom. The Kier molecular flexibility index (Phi) is 6.61. The summed E-state index contributed by atoms with van der Waals surface area (Å²) in [5.74, 6) is -1.40. The molecule has 0 radical (unpaired) electrons. The van der Waals surface area contributed by atoms with Gasteiger partial charge in [-0.25, -0.2) is 9.18 Å². The van der Waals surface area contributed by atoms with Crippen molar-refractivity contribution in [3.63, 3.8) is 0 Å². The van der Waals surface area contributed by atoms with E-state index >= 15 is 0 Å². The van der Waals surface area contributed by atoms with Crippen molar-refractivity contribution in [2.45, 2.75) is 57.5 Å². The Balaban J connectivity index is 1.59. The average molecular weight is 473 g/mol. The SMILES string of the molecule is CCC(C(=O)O)n1c2c(c3cc(F)cc(Cl)c31)CC(NC(=O)CCc1ccccc1O)CC2. The van der Waals surface area contributed by atoms with Gasteiger partial charge >= 0.3 is 5.97 Å². The van der Waals surface area contributed by atoms with Crippen LogP contribution >= 0.6 is 11.6 Å². The summed E-state index contributed by atoms with van der Waals surface area (Å²) >= 11 is 6.38. The molecule has 2 atom stereocenters. The zero-order valence-electron chi connectivity index (χ0n) is 18.3. The monoisotopic (exact) mass is 472 g/mol. The second-order valence-corrected chi connectivity index (χ2v) is 8.88. The van der Waals surface area contributed by atoms with Crippen LogP contribution in [-0.4, -0.2) is 32.7 Å². The molecule has 3 N–H and O–H groups in total. The highest BCUT2D eigenvalue weighted by molar-refractivity contribution is 6.35. The highest BCUT2D eigenvalue weighted by Crippen LogP contribution is 2.39. The number of carboxylic acids is 1. The van der Waals surface area contributed by atoms with Crippen molar-refractivity contribution in [1.29, 1.82) is 0 Å². The zero-order chi connectivity index (χ0) is 23.7. The van der Waals surface area contributed by atoms with E-state index in [9.17, 15) is 24.2 Å². The Morgan fingerprint density at radius 2 is 2.06 bits per heavy atom. The predicted molar refractivity (Wildman–Crippen MR) is 124 cm³/mol. The number of rotatable bonds is 7. The van der Waals surface area contributed by atoms with E-state index in [-0.39, 0.29) is 29.1 Å². The van der Waals surface area contributed by atoms with Gasteiger partial charge in [0.1, 0.15) is 17.6 Å². The van der Waals surface area contributed by atoms with Gasteiger partial charge in [-0.15, -0.1) is 0 Å². The fourth-order valence-electron chi connectivity index (χ4n) is 4.84. The number of phenolic OH excluding ortho intramolecular Hbond substituents is 1. The number of benzene rings is 2. The Labute approximate surface area is 196 Å². The molecule has 2 aromatic carbocycles. The number of fused-ring (bicyclic) bond motifs is 3. The topological polar surface area (TPSA) is 91.6 Å². The smallest absolute Gasteiger partial charge is 0.326 e. The minimum atomic E-state index is -0.961. The Morgan fingerprint density at radius 3 is 2.76 bits per heavy atom. The minimum absolute atomic E-state index is 0.128. The summed E-state index contributed by atoms with van der Waals surface area (Å²) in [6.45, 7) is 1.80. The van der Waals surface area contributed by atoms with Crippen LogP contribution in [-0.2, 0) is 28.9 Å². The lowest BCUT2D eigenvalue weighted by molar-refractivity contribution is -0.141. The highest BCUT2D eigenvalue weighted by Gasteiger charge is 2.32. The first-order valence-electron chi connectivity index (χ1n) is 11.1. The van der Waals surface area contributed by atoms with Crippen LogP contribution in [0.15, 0.2) is 36.4 Å². The van der Waals surface area contributed by atoms with E-state index in [0.717, 1.165) is 11.3 Å². The average Bonchev–Trinajstić information content (AvgIpc) is 3.07. The molecule has 0 aliphatic heterocycles. The lowest BCUT2D eigenvalue weighted by atomic mass is 9.91. The lowest BCUT2D eigenvalue weighted by Gasteiger charge is -2.26. The van der Waals surface area contributed by atoms with Gasteiger partial charge in [0.25, 0.3) is 0 Å². The van der Waals surface area contributed by atoms with Crippen molar-refractivity contribution in [1.82, 2.24) is 9.88 Å². The van der Waals surface area contributed by atoms with Crippen molar-refractivity contribution in [2.75, 3.05) is 0 Å². The highest BCUT2D eigenvalue weighted by atomic mass is 35.5. The van der Waals surface area contributed by atoms with Crippen LogP contribution < -0.4 is 5.32 Å². The van der Waals surface area contributed by atoms with Crippen molar-refractivity contribution >= 4 is 34.4 Å². The van der Waals surface area contributed by atoms with Gasteiger partial charge in [-0.1, -0.05) is 36.7 Å². The summed E-state index contributed by atoms with van der Waals surface area (Å²) < 4.78 is 16.0. The molecular weight excluding hydrogens is 447 g/mol. The maximum atomic E-state index is 14.2. The first-order valence-corrected chi connectivity index (χ1v) is 11.5. The van der Waals surface area contributed by atoms with Crippen LogP contribution in [0.3, 0.4) is 0 Å². The molecule has 1 heterocycles. The van der Waals surface area contributed by atoms with Crippen LogP contribution in [0.4, 0.5) is 4.39 Å². The van der Waals surface area contributed by atoms with Gasteiger partial charge < -0.3 is 20.1 Å². The minimum Gasteiger partial charge on any atom is -0.508 e. The van der Waals surface area contributed by atoms with Crippen LogP contribution in [0.2, 0.25) is 5.02 Å². The third-order valence-electron chi connectivity index (χ3n) is 6.38. The van der Waals surface area contributed by atoms with Crippen molar-refractivity contribution in [2.24, 2.45) is 0 Å². The fraction of sp³-hybridized carbons (Fsp3) is 0.360. The molecule has 1 aliphatic rings. The van der Waals surface area contributed by atoms with Crippen LogP contribution in [0.25, 0.3) is 10.9 Å². The number of carboxylic acid groups (broad SMARTS) is 1. The van der Waals surface area contributed by atoms with Gasteiger partial charge in [-0.3, -0.25) is 4.79 Å². The van der Waals surface area contributed by atoms with E-state index in [1.807, 2.05) is 6.07 Å². The molecule has 1 aliphatic carbocycles. The number of hydrogen-bond acceptors (Lipinski definition) is 3. The molecule has 8 heteroatoms. The number of nitrogens with one attached hydrogen (secondary N) is 1. The zero-order valence-corrected chi connectivity index (χ0v) is 19.0. The molecule has 2 unspecified atom stereocenters. The number of para-hydroxylation sites is 1. The normalized spacial score (nSPS) is 16.4. The molecule has 3 aromatic rings. The molecule has 0 saturated carbocycles.